The van der Waals surface area contributed by atoms with Crippen LogP contribution in [-0.4, -0.2) is 16.9 Å². The van der Waals surface area contributed by atoms with Crippen LogP contribution in [0, 0.1) is 11.8 Å². The third kappa shape index (κ3) is 4.68. The van der Waals surface area contributed by atoms with Crippen LogP contribution in [0.5, 0.6) is 0 Å². The van der Waals surface area contributed by atoms with Gasteiger partial charge in [0.1, 0.15) is 0 Å². The first-order valence-electron chi connectivity index (χ1n) is 12.7. The first kappa shape index (κ1) is 22.5. The minimum absolute atomic E-state index is 0.222. The molecule has 0 amide bonds. The first-order chi connectivity index (χ1) is 15.7. The molecule has 1 saturated heterocycles. The lowest BCUT2D eigenvalue weighted by atomic mass is 9.71. The van der Waals surface area contributed by atoms with Gasteiger partial charge < -0.3 is 9.05 Å². The molecule has 3 nitrogen and oxygen atoms in total. The van der Waals surface area contributed by atoms with Gasteiger partial charge in [0.05, 0.1) is 12.2 Å². The fourth-order valence-corrected chi connectivity index (χ4v) is 8.33. The van der Waals surface area contributed by atoms with Crippen molar-refractivity contribution >= 4 is 8.53 Å². The number of fused-ring (bicyclic) bond motifs is 3. The van der Waals surface area contributed by atoms with Crippen molar-refractivity contribution in [2.24, 2.45) is 11.8 Å². The van der Waals surface area contributed by atoms with E-state index in [-0.39, 0.29) is 12.1 Å². The Bertz CT molecular complexity index is 778. The van der Waals surface area contributed by atoms with Crippen LogP contribution in [-0.2, 0) is 9.05 Å². The van der Waals surface area contributed by atoms with Crippen molar-refractivity contribution < 1.29 is 9.05 Å². The lowest BCUT2D eigenvalue weighted by Gasteiger charge is -2.40. The summed E-state index contributed by atoms with van der Waals surface area (Å²) >= 11 is 0. The highest BCUT2D eigenvalue weighted by Crippen LogP contribution is 2.60. The van der Waals surface area contributed by atoms with E-state index >= 15 is 0 Å². The zero-order valence-corrected chi connectivity index (χ0v) is 20.5. The maximum absolute atomic E-state index is 7.02. The highest BCUT2D eigenvalue weighted by molar-refractivity contribution is 7.44. The molecule has 0 N–H and O–H groups in total. The van der Waals surface area contributed by atoms with Gasteiger partial charge in [-0.25, -0.2) is 4.67 Å². The van der Waals surface area contributed by atoms with Gasteiger partial charge in [-0.3, -0.25) is 0 Å². The van der Waals surface area contributed by atoms with Gasteiger partial charge in [0, 0.05) is 12.1 Å². The Morgan fingerprint density at radius 2 is 1.06 bits per heavy atom. The smallest absolute Gasteiger partial charge is 0.260 e. The van der Waals surface area contributed by atoms with Crippen LogP contribution in [0.15, 0.2) is 60.7 Å². The highest BCUT2D eigenvalue weighted by Gasteiger charge is 2.47. The third-order valence-electron chi connectivity index (χ3n) is 8.05. The van der Waals surface area contributed by atoms with E-state index in [9.17, 15) is 0 Å². The molecule has 2 aromatic rings. The minimum Gasteiger partial charge on any atom is -0.318 e. The summed E-state index contributed by atoms with van der Waals surface area (Å²) in [7, 11) is -1.14. The molecule has 3 fully saturated rings. The van der Waals surface area contributed by atoms with Crippen LogP contribution in [0.2, 0.25) is 0 Å². The second-order valence-electron chi connectivity index (χ2n) is 9.98. The molecule has 0 aromatic heterocycles. The highest BCUT2D eigenvalue weighted by atomic mass is 31.2. The summed E-state index contributed by atoms with van der Waals surface area (Å²) in [5, 5.41) is 0. The van der Waals surface area contributed by atoms with Gasteiger partial charge in [-0.15, -0.1) is 0 Å². The molecule has 2 aromatic carbocycles. The van der Waals surface area contributed by atoms with Gasteiger partial charge in [0.25, 0.3) is 8.53 Å². The maximum atomic E-state index is 7.02. The largest absolute Gasteiger partial charge is 0.318 e. The average Bonchev–Trinajstić information content (AvgIpc) is 3.02. The molecule has 1 aliphatic heterocycles. The van der Waals surface area contributed by atoms with Crippen molar-refractivity contribution in [1.29, 1.82) is 0 Å². The maximum Gasteiger partial charge on any atom is 0.260 e. The number of hydrogen-bond acceptors (Lipinski definition) is 3. The summed E-state index contributed by atoms with van der Waals surface area (Å²) in [4.78, 5) is 0. The van der Waals surface area contributed by atoms with E-state index in [1.807, 2.05) is 0 Å². The Kier molecular flexibility index (Phi) is 7.29. The number of rotatable bonds is 5. The van der Waals surface area contributed by atoms with Crippen LogP contribution in [0.25, 0.3) is 0 Å². The SMILES string of the molecule is CC(c1ccccc1)N(C(C)c1ccccc1)P1OC2CCCCC2C2CCCCC2O1. The molecule has 5 rings (SSSR count). The Balaban J connectivity index is 1.50. The Labute approximate surface area is 195 Å². The molecule has 4 heteroatoms. The molecule has 2 aliphatic carbocycles. The van der Waals surface area contributed by atoms with Crippen molar-refractivity contribution in [2.75, 3.05) is 0 Å². The topological polar surface area (TPSA) is 21.7 Å². The molecule has 32 heavy (non-hydrogen) atoms. The summed E-state index contributed by atoms with van der Waals surface area (Å²) < 4.78 is 16.6. The molecule has 0 bridgehead atoms. The molecule has 0 radical (unpaired) electrons. The van der Waals surface area contributed by atoms with Crippen LogP contribution in [0.3, 0.4) is 0 Å². The van der Waals surface area contributed by atoms with E-state index in [1.54, 1.807) is 0 Å². The van der Waals surface area contributed by atoms with Crippen LogP contribution in [0.4, 0.5) is 0 Å². The second kappa shape index (κ2) is 10.3. The predicted octanol–water partition coefficient (Wildman–Crippen LogP) is 8.20. The lowest BCUT2D eigenvalue weighted by molar-refractivity contribution is 0.0346. The van der Waals surface area contributed by atoms with E-state index in [4.69, 9.17) is 9.05 Å². The first-order valence-corrected chi connectivity index (χ1v) is 13.9. The van der Waals surface area contributed by atoms with E-state index in [1.165, 1.54) is 62.5 Å². The van der Waals surface area contributed by atoms with Crippen molar-refractivity contribution in [3.05, 3.63) is 71.8 Å². The minimum atomic E-state index is -1.14. The molecule has 0 spiro atoms. The fraction of sp³-hybridized carbons (Fsp3) is 0.571. The molecule has 3 aliphatic rings. The van der Waals surface area contributed by atoms with Crippen LogP contribution in [0.1, 0.15) is 88.4 Å². The number of benzene rings is 2. The Morgan fingerprint density at radius 3 is 1.50 bits per heavy atom. The normalized spacial score (nSPS) is 32.4. The van der Waals surface area contributed by atoms with Crippen molar-refractivity contribution in [3.63, 3.8) is 0 Å². The average molecular weight is 452 g/mol. The van der Waals surface area contributed by atoms with Gasteiger partial charge in [-0.05, 0) is 62.5 Å². The van der Waals surface area contributed by atoms with Gasteiger partial charge in [0.2, 0.25) is 0 Å². The molecular formula is C28H38NO2P. The third-order valence-corrected chi connectivity index (χ3v) is 10.0. The summed E-state index contributed by atoms with van der Waals surface area (Å²) in [6, 6.07) is 22.2. The van der Waals surface area contributed by atoms with Crippen molar-refractivity contribution in [1.82, 2.24) is 4.67 Å². The Morgan fingerprint density at radius 1 is 0.656 bits per heavy atom. The summed E-state index contributed by atoms with van der Waals surface area (Å²) in [5.41, 5.74) is 2.66. The molecule has 1 heterocycles. The molecular weight excluding hydrogens is 413 g/mol. The molecule has 2 saturated carbocycles. The van der Waals surface area contributed by atoms with Gasteiger partial charge in [-0.2, -0.15) is 0 Å². The molecule has 6 atom stereocenters. The quantitative estimate of drug-likeness (QED) is 0.428. The zero-order chi connectivity index (χ0) is 21.9. The van der Waals surface area contributed by atoms with E-state index in [0.717, 1.165) is 0 Å². The van der Waals surface area contributed by atoms with E-state index in [0.29, 0.717) is 24.0 Å². The number of hydrogen-bond donors (Lipinski definition) is 0. The van der Waals surface area contributed by atoms with Gasteiger partial charge in [-0.1, -0.05) is 86.3 Å². The van der Waals surface area contributed by atoms with E-state index in [2.05, 4.69) is 79.2 Å². The van der Waals surface area contributed by atoms with Gasteiger partial charge >= 0.3 is 0 Å². The van der Waals surface area contributed by atoms with Crippen molar-refractivity contribution in [2.45, 2.75) is 89.5 Å². The summed E-state index contributed by atoms with van der Waals surface area (Å²) in [6.07, 6.45) is 11.1. The van der Waals surface area contributed by atoms with Crippen LogP contribution >= 0.6 is 8.53 Å². The second-order valence-corrected chi connectivity index (χ2v) is 11.3. The summed E-state index contributed by atoms with van der Waals surface area (Å²) in [6.45, 7) is 4.65. The zero-order valence-electron chi connectivity index (χ0n) is 19.6. The molecule has 6 unspecified atom stereocenters. The number of nitrogens with zero attached hydrogens (tertiary/aromatic N) is 1. The Hall–Kier alpha value is -1.25. The lowest BCUT2D eigenvalue weighted by Crippen LogP contribution is -2.37. The summed E-state index contributed by atoms with van der Waals surface area (Å²) in [5.74, 6) is 1.37. The molecule has 172 valence electrons. The van der Waals surface area contributed by atoms with Crippen molar-refractivity contribution in [3.8, 4) is 0 Å². The van der Waals surface area contributed by atoms with Crippen LogP contribution < -0.4 is 0 Å². The fourth-order valence-electron chi connectivity index (χ4n) is 6.24. The monoisotopic (exact) mass is 451 g/mol. The predicted molar refractivity (Wildman–Crippen MR) is 132 cm³/mol. The van der Waals surface area contributed by atoms with E-state index < -0.39 is 8.53 Å². The standard InChI is InChI=1S/C28H38NO2P/c1-21(23-13-5-3-6-14-23)29(22(2)24-15-7-4-8-16-24)32-30-27-19-11-9-17-25(27)26-18-10-12-20-28(26)31-32/h3-8,13-16,21-22,25-28H,9-12,17-20H2,1-2H3. The van der Waals surface area contributed by atoms with Gasteiger partial charge in [0.15, 0.2) is 0 Å².